The van der Waals surface area contributed by atoms with E-state index >= 15 is 0 Å². The predicted octanol–water partition coefficient (Wildman–Crippen LogP) is 1.18. The highest BCUT2D eigenvalue weighted by Crippen LogP contribution is 2.37. The minimum atomic E-state index is -0.175. The maximum atomic E-state index is 11.8. The molecule has 1 N–H and O–H groups in total. The largest absolute Gasteiger partial charge is 0.460 e. The van der Waals surface area contributed by atoms with Gasteiger partial charge in [0.25, 0.3) is 0 Å². The minimum Gasteiger partial charge on any atom is -0.460 e. The number of likely N-dealkylation sites (tertiary alicyclic amines) is 1. The molecular formula is C15H19NO3. The van der Waals surface area contributed by atoms with Gasteiger partial charge in [0.2, 0.25) is 0 Å². The zero-order valence-corrected chi connectivity index (χ0v) is 10.9. The van der Waals surface area contributed by atoms with Crippen LogP contribution >= 0.6 is 0 Å². The summed E-state index contributed by atoms with van der Waals surface area (Å²) in [7, 11) is 0. The topological polar surface area (TPSA) is 49.8 Å². The lowest BCUT2D eigenvalue weighted by molar-refractivity contribution is -0.147. The maximum Gasteiger partial charge on any atom is 0.320 e. The minimum absolute atomic E-state index is 0.165. The van der Waals surface area contributed by atoms with Crippen LogP contribution in [0.25, 0.3) is 0 Å². The second-order valence-corrected chi connectivity index (χ2v) is 5.53. The Labute approximate surface area is 113 Å². The molecule has 2 fully saturated rings. The number of rotatable bonds is 4. The fraction of sp³-hybridized carbons (Fsp3) is 0.533. The van der Waals surface area contributed by atoms with Crippen molar-refractivity contribution in [1.29, 1.82) is 0 Å². The van der Waals surface area contributed by atoms with Crippen molar-refractivity contribution in [1.82, 2.24) is 4.90 Å². The molecule has 1 saturated heterocycles. The average Bonchev–Trinajstić information content (AvgIpc) is 2.96. The molecule has 0 unspecified atom stereocenters. The Morgan fingerprint density at radius 2 is 2.11 bits per heavy atom. The molecule has 0 amide bonds. The van der Waals surface area contributed by atoms with Gasteiger partial charge in [-0.2, -0.15) is 0 Å². The number of piperidine rings is 1. The molecule has 3 rings (SSSR count). The van der Waals surface area contributed by atoms with Gasteiger partial charge in [-0.1, -0.05) is 30.3 Å². The van der Waals surface area contributed by atoms with Gasteiger partial charge >= 0.3 is 5.97 Å². The molecule has 1 saturated carbocycles. The standard InChI is InChI=1S/C15H19NO3/c17-14-7-13-6-12(14)8-16(13)9-15(18)19-10-11-4-2-1-3-5-11/h1-5,12-14,17H,6-10H2/t12-,13-,14-/m0/s1. The van der Waals surface area contributed by atoms with Crippen molar-refractivity contribution < 1.29 is 14.6 Å². The van der Waals surface area contributed by atoms with Crippen molar-refractivity contribution in [2.24, 2.45) is 5.92 Å². The second-order valence-electron chi connectivity index (χ2n) is 5.53. The summed E-state index contributed by atoms with van der Waals surface area (Å²) in [6.45, 7) is 1.51. The Balaban J connectivity index is 1.45. The van der Waals surface area contributed by atoms with Gasteiger partial charge in [-0.25, -0.2) is 0 Å². The van der Waals surface area contributed by atoms with Crippen LogP contribution in [-0.4, -0.2) is 41.2 Å². The summed E-state index contributed by atoms with van der Waals surface area (Å²) in [6, 6.07) is 10.1. The number of benzene rings is 1. The average molecular weight is 261 g/mol. The quantitative estimate of drug-likeness (QED) is 0.827. The summed E-state index contributed by atoms with van der Waals surface area (Å²) in [5.74, 6) is 0.179. The van der Waals surface area contributed by atoms with E-state index in [1.807, 2.05) is 30.3 Å². The fourth-order valence-electron chi connectivity index (χ4n) is 3.16. The summed E-state index contributed by atoms with van der Waals surface area (Å²) >= 11 is 0. The SMILES string of the molecule is O=C(CN1C[C@@H]2C[C@H]1C[C@@H]2O)OCc1ccccc1. The van der Waals surface area contributed by atoms with Crippen LogP contribution in [0.15, 0.2) is 30.3 Å². The van der Waals surface area contributed by atoms with E-state index in [1.54, 1.807) is 0 Å². The van der Waals surface area contributed by atoms with E-state index in [1.165, 1.54) is 0 Å². The Kier molecular flexibility index (Phi) is 3.53. The van der Waals surface area contributed by atoms with E-state index in [4.69, 9.17) is 4.74 Å². The third-order valence-corrected chi connectivity index (χ3v) is 4.19. The zero-order valence-electron chi connectivity index (χ0n) is 10.9. The number of carbonyl (C=O) groups is 1. The number of hydrogen-bond donors (Lipinski definition) is 1. The molecule has 4 nitrogen and oxygen atoms in total. The predicted molar refractivity (Wildman–Crippen MR) is 70.3 cm³/mol. The van der Waals surface area contributed by atoms with Gasteiger partial charge in [0, 0.05) is 12.6 Å². The van der Waals surface area contributed by atoms with Gasteiger partial charge in [-0.3, -0.25) is 9.69 Å². The van der Waals surface area contributed by atoms with Crippen LogP contribution in [0, 0.1) is 5.92 Å². The molecule has 0 radical (unpaired) electrons. The fourth-order valence-corrected chi connectivity index (χ4v) is 3.16. The highest BCUT2D eigenvalue weighted by atomic mass is 16.5. The molecular weight excluding hydrogens is 242 g/mol. The van der Waals surface area contributed by atoms with Crippen molar-refractivity contribution in [3.63, 3.8) is 0 Å². The first-order chi connectivity index (χ1) is 9.22. The number of nitrogens with zero attached hydrogens (tertiary/aromatic N) is 1. The van der Waals surface area contributed by atoms with Crippen molar-refractivity contribution in [2.75, 3.05) is 13.1 Å². The molecule has 102 valence electrons. The highest BCUT2D eigenvalue weighted by Gasteiger charge is 2.44. The number of carbonyl (C=O) groups excluding carboxylic acids is 1. The smallest absolute Gasteiger partial charge is 0.320 e. The van der Waals surface area contributed by atoms with E-state index in [0.29, 0.717) is 25.1 Å². The first-order valence-corrected chi connectivity index (χ1v) is 6.84. The summed E-state index contributed by atoms with van der Waals surface area (Å²) < 4.78 is 5.28. The van der Waals surface area contributed by atoms with Crippen molar-refractivity contribution in [3.05, 3.63) is 35.9 Å². The van der Waals surface area contributed by atoms with E-state index in [9.17, 15) is 9.90 Å². The van der Waals surface area contributed by atoms with E-state index < -0.39 is 0 Å². The molecule has 1 aliphatic heterocycles. The second kappa shape index (κ2) is 5.31. The molecule has 1 aromatic rings. The number of esters is 1. The van der Waals surface area contributed by atoms with Crippen LogP contribution < -0.4 is 0 Å². The van der Waals surface area contributed by atoms with Gasteiger partial charge in [0.05, 0.1) is 12.6 Å². The van der Waals surface area contributed by atoms with Gasteiger partial charge < -0.3 is 9.84 Å². The molecule has 3 atom stereocenters. The van der Waals surface area contributed by atoms with Crippen molar-refractivity contribution in [3.8, 4) is 0 Å². The van der Waals surface area contributed by atoms with Gasteiger partial charge in [-0.05, 0) is 24.3 Å². The Morgan fingerprint density at radius 3 is 2.74 bits per heavy atom. The van der Waals surface area contributed by atoms with Crippen LogP contribution in [0.2, 0.25) is 0 Å². The Hall–Kier alpha value is -1.39. The summed E-state index contributed by atoms with van der Waals surface area (Å²) in [6.07, 6.45) is 1.66. The molecule has 2 bridgehead atoms. The van der Waals surface area contributed by atoms with Gasteiger partial charge in [0.1, 0.15) is 6.61 Å². The number of aliphatic hydroxyl groups is 1. The number of hydrogen-bond acceptors (Lipinski definition) is 4. The van der Waals surface area contributed by atoms with E-state index in [0.717, 1.165) is 24.9 Å². The molecule has 1 aromatic carbocycles. The molecule has 1 heterocycles. The van der Waals surface area contributed by atoms with E-state index in [2.05, 4.69) is 4.90 Å². The van der Waals surface area contributed by atoms with Crippen LogP contribution in [0.5, 0.6) is 0 Å². The molecule has 19 heavy (non-hydrogen) atoms. The number of fused-ring (bicyclic) bond motifs is 2. The zero-order chi connectivity index (χ0) is 13.2. The third-order valence-electron chi connectivity index (χ3n) is 4.19. The summed E-state index contributed by atoms with van der Waals surface area (Å²) in [5.41, 5.74) is 1.01. The first kappa shape index (κ1) is 12.6. The normalized spacial score (nSPS) is 29.6. The Bertz CT molecular complexity index is 446. The van der Waals surface area contributed by atoms with Crippen molar-refractivity contribution in [2.45, 2.75) is 31.6 Å². The number of ether oxygens (including phenoxy) is 1. The first-order valence-electron chi connectivity index (χ1n) is 6.84. The highest BCUT2D eigenvalue weighted by molar-refractivity contribution is 5.71. The van der Waals surface area contributed by atoms with Crippen LogP contribution in [0.1, 0.15) is 18.4 Å². The molecule has 2 aliphatic rings. The monoisotopic (exact) mass is 261 g/mol. The molecule has 1 aliphatic carbocycles. The maximum absolute atomic E-state index is 11.8. The third kappa shape index (κ3) is 2.80. The van der Waals surface area contributed by atoms with Gasteiger partial charge in [0.15, 0.2) is 0 Å². The van der Waals surface area contributed by atoms with Gasteiger partial charge in [-0.15, -0.1) is 0 Å². The summed E-state index contributed by atoms with van der Waals surface area (Å²) in [4.78, 5) is 13.9. The lowest BCUT2D eigenvalue weighted by Crippen LogP contribution is -2.40. The number of aliphatic hydroxyl groups excluding tert-OH is 1. The lowest BCUT2D eigenvalue weighted by atomic mass is 10.1. The van der Waals surface area contributed by atoms with Crippen molar-refractivity contribution >= 4 is 5.97 Å². The summed E-state index contributed by atoms with van der Waals surface area (Å²) in [5, 5.41) is 9.68. The van der Waals surface area contributed by atoms with Crippen LogP contribution in [0.4, 0.5) is 0 Å². The van der Waals surface area contributed by atoms with Crippen LogP contribution in [0.3, 0.4) is 0 Å². The Morgan fingerprint density at radius 1 is 1.32 bits per heavy atom. The lowest BCUT2D eigenvalue weighted by Gasteiger charge is -2.28. The molecule has 4 heteroatoms. The van der Waals surface area contributed by atoms with Crippen LogP contribution in [-0.2, 0) is 16.1 Å². The molecule has 0 aromatic heterocycles. The van der Waals surface area contributed by atoms with E-state index in [-0.39, 0.29) is 12.1 Å². The molecule has 0 spiro atoms.